The highest BCUT2D eigenvalue weighted by Gasteiger charge is 2.21. The van der Waals surface area contributed by atoms with Crippen molar-refractivity contribution < 1.29 is 9.53 Å². The van der Waals surface area contributed by atoms with Gasteiger partial charge >= 0.3 is 6.09 Å². The minimum absolute atomic E-state index is 0.236. The number of nitrogens with two attached hydrogens (primary N) is 1. The number of hydrogen-bond donors (Lipinski definition) is 2. The minimum atomic E-state index is -0.441. The molecule has 18 heavy (non-hydrogen) atoms. The van der Waals surface area contributed by atoms with Crippen molar-refractivity contribution in [2.24, 2.45) is 5.73 Å². The number of unbranched alkanes of at least 4 members (excludes halogenated alkanes) is 1. The lowest BCUT2D eigenvalue weighted by Crippen LogP contribution is -2.38. The highest BCUT2D eigenvalue weighted by molar-refractivity contribution is 5.68. The summed E-state index contributed by atoms with van der Waals surface area (Å²) in [6.07, 6.45) is 2.61. The van der Waals surface area contributed by atoms with Crippen LogP contribution in [0.2, 0.25) is 0 Å². The van der Waals surface area contributed by atoms with Gasteiger partial charge in [-0.2, -0.15) is 0 Å². The first-order chi connectivity index (χ1) is 8.40. The smallest absolute Gasteiger partial charge is 0.410 e. The number of amides is 1. The van der Waals surface area contributed by atoms with Crippen molar-refractivity contribution in [2.45, 2.75) is 45.6 Å². The predicted molar refractivity (Wildman–Crippen MR) is 74.6 cm³/mol. The summed E-state index contributed by atoms with van der Waals surface area (Å²) in [5.74, 6) is 0. The van der Waals surface area contributed by atoms with E-state index in [0.717, 1.165) is 32.4 Å². The molecule has 0 atom stereocenters. The van der Waals surface area contributed by atoms with Crippen LogP contribution in [0.4, 0.5) is 4.79 Å². The van der Waals surface area contributed by atoms with Gasteiger partial charge in [-0.1, -0.05) is 0 Å². The SMILES string of the molecule is CNCCCCN(CCCN)C(=O)OC(C)(C)C. The molecule has 0 aromatic heterocycles. The van der Waals surface area contributed by atoms with Crippen molar-refractivity contribution in [3.63, 3.8) is 0 Å². The molecule has 0 aromatic carbocycles. The van der Waals surface area contributed by atoms with Gasteiger partial charge in [0.1, 0.15) is 5.60 Å². The number of ether oxygens (including phenoxy) is 1. The maximum absolute atomic E-state index is 12.0. The largest absolute Gasteiger partial charge is 0.444 e. The van der Waals surface area contributed by atoms with Gasteiger partial charge in [-0.05, 0) is 60.2 Å². The lowest BCUT2D eigenvalue weighted by atomic mass is 10.2. The Balaban J connectivity index is 4.15. The number of nitrogens with zero attached hydrogens (tertiary/aromatic N) is 1. The molecule has 108 valence electrons. The molecule has 0 saturated heterocycles. The van der Waals surface area contributed by atoms with Crippen LogP contribution in [-0.2, 0) is 4.74 Å². The first kappa shape index (κ1) is 17.2. The second-order valence-corrected chi connectivity index (χ2v) is 5.42. The Bertz CT molecular complexity index is 227. The molecular formula is C13H29N3O2. The quantitative estimate of drug-likeness (QED) is 0.649. The lowest BCUT2D eigenvalue weighted by Gasteiger charge is -2.27. The summed E-state index contributed by atoms with van der Waals surface area (Å²) >= 11 is 0. The molecule has 0 aliphatic heterocycles. The summed E-state index contributed by atoms with van der Waals surface area (Å²) in [5.41, 5.74) is 5.05. The third-order valence-electron chi connectivity index (χ3n) is 2.39. The Morgan fingerprint density at radius 1 is 1.22 bits per heavy atom. The molecule has 0 spiro atoms. The molecule has 0 aliphatic rings. The van der Waals surface area contributed by atoms with Crippen molar-refractivity contribution in [1.29, 1.82) is 0 Å². The molecule has 0 aromatic rings. The zero-order valence-electron chi connectivity index (χ0n) is 12.3. The zero-order valence-corrected chi connectivity index (χ0v) is 12.3. The summed E-state index contributed by atoms with van der Waals surface area (Å²) in [4.78, 5) is 13.7. The van der Waals surface area contributed by atoms with Crippen molar-refractivity contribution in [2.75, 3.05) is 33.2 Å². The normalized spacial score (nSPS) is 11.4. The monoisotopic (exact) mass is 259 g/mol. The first-order valence-electron chi connectivity index (χ1n) is 6.73. The Labute approximate surface area is 111 Å². The van der Waals surface area contributed by atoms with Gasteiger partial charge in [0.25, 0.3) is 0 Å². The van der Waals surface area contributed by atoms with Crippen LogP contribution < -0.4 is 11.1 Å². The lowest BCUT2D eigenvalue weighted by molar-refractivity contribution is 0.0246. The summed E-state index contributed by atoms with van der Waals surface area (Å²) in [5, 5.41) is 3.10. The maximum atomic E-state index is 12.0. The molecule has 0 fully saturated rings. The molecule has 0 heterocycles. The van der Waals surface area contributed by atoms with Gasteiger partial charge in [-0.25, -0.2) is 4.79 Å². The van der Waals surface area contributed by atoms with Crippen molar-refractivity contribution in [3.8, 4) is 0 Å². The standard InChI is InChI=1S/C13H29N3O2/c1-13(2,3)18-12(17)16(11-7-8-14)10-6-5-9-15-4/h15H,5-11,14H2,1-4H3. The molecule has 0 bridgehead atoms. The molecule has 0 unspecified atom stereocenters. The maximum Gasteiger partial charge on any atom is 0.410 e. The molecule has 5 heteroatoms. The topological polar surface area (TPSA) is 67.6 Å². The average Bonchev–Trinajstić information content (AvgIpc) is 2.25. The fraction of sp³-hybridized carbons (Fsp3) is 0.923. The second kappa shape index (κ2) is 9.16. The molecular weight excluding hydrogens is 230 g/mol. The Kier molecular flexibility index (Phi) is 8.75. The average molecular weight is 259 g/mol. The van der Waals surface area contributed by atoms with Gasteiger partial charge in [0.2, 0.25) is 0 Å². The fourth-order valence-corrected chi connectivity index (χ4v) is 1.51. The highest BCUT2D eigenvalue weighted by Crippen LogP contribution is 2.10. The number of carbonyl (C=O) groups is 1. The number of nitrogens with one attached hydrogen (secondary N) is 1. The van der Waals surface area contributed by atoms with Crippen LogP contribution in [-0.4, -0.2) is 49.8 Å². The molecule has 0 aliphatic carbocycles. The highest BCUT2D eigenvalue weighted by atomic mass is 16.6. The number of carbonyl (C=O) groups excluding carboxylic acids is 1. The molecule has 1 amide bonds. The van der Waals surface area contributed by atoms with Gasteiger partial charge in [-0.15, -0.1) is 0 Å². The van der Waals surface area contributed by atoms with E-state index < -0.39 is 5.60 Å². The summed E-state index contributed by atoms with van der Waals surface area (Å²) in [6, 6.07) is 0. The van der Waals surface area contributed by atoms with Gasteiger partial charge in [0.15, 0.2) is 0 Å². The summed E-state index contributed by atoms with van der Waals surface area (Å²) in [7, 11) is 1.93. The molecule has 0 rings (SSSR count). The second-order valence-electron chi connectivity index (χ2n) is 5.42. The molecule has 0 radical (unpaired) electrons. The van der Waals surface area contributed by atoms with Gasteiger partial charge in [0.05, 0.1) is 0 Å². The van der Waals surface area contributed by atoms with E-state index >= 15 is 0 Å². The summed E-state index contributed by atoms with van der Waals surface area (Å²) < 4.78 is 5.38. The summed E-state index contributed by atoms with van der Waals surface area (Å²) in [6.45, 7) is 8.61. The zero-order chi connectivity index (χ0) is 14.0. The van der Waals surface area contributed by atoms with Gasteiger partial charge < -0.3 is 20.7 Å². The van der Waals surface area contributed by atoms with E-state index in [4.69, 9.17) is 10.5 Å². The van der Waals surface area contributed by atoms with Crippen LogP contribution in [0.1, 0.15) is 40.0 Å². The van der Waals surface area contributed by atoms with E-state index in [1.807, 2.05) is 27.8 Å². The van der Waals surface area contributed by atoms with Crippen LogP contribution in [0.3, 0.4) is 0 Å². The number of rotatable bonds is 8. The number of hydrogen-bond acceptors (Lipinski definition) is 4. The van der Waals surface area contributed by atoms with Crippen LogP contribution >= 0.6 is 0 Å². The van der Waals surface area contributed by atoms with E-state index in [2.05, 4.69) is 5.32 Å². The third kappa shape index (κ3) is 9.24. The van der Waals surface area contributed by atoms with Crippen molar-refractivity contribution in [1.82, 2.24) is 10.2 Å². The Morgan fingerprint density at radius 2 is 1.83 bits per heavy atom. The van der Waals surface area contributed by atoms with E-state index in [1.54, 1.807) is 4.90 Å². The van der Waals surface area contributed by atoms with Crippen molar-refractivity contribution in [3.05, 3.63) is 0 Å². The van der Waals surface area contributed by atoms with E-state index in [9.17, 15) is 4.79 Å². The van der Waals surface area contributed by atoms with Gasteiger partial charge in [0, 0.05) is 13.1 Å². The van der Waals surface area contributed by atoms with Crippen LogP contribution in [0, 0.1) is 0 Å². The third-order valence-corrected chi connectivity index (χ3v) is 2.39. The molecule has 0 saturated carbocycles. The fourth-order valence-electron chi connectivity index (χ4n) is 1.51. The van der Waals surface area contributed by atoms with E-state index in [-0.39, 0.29) is 6.09 Å². The van der Waals surface area contributed by atoms with Gasteiger partial charge in [-0.3, -0.25) is 0 Å². The van der Waals surface area contributed by atoms with Crippen molar-refractivity contribution >= 4 is 6.09 Å². The first-order valence-corrected chi connectivity index (χ1v) is 6.73. The predicted octanol–water partition coefficient (Wildman–Crippen LogP) is 1.57. The van der Waals surface area contributed by atoms with Crippen LogP contribution in [0.15, 0.2) is 0 Å². The van der Waals surface area contributed by atoms with Crippen LogP contribution in [0.25, 0.3) is 0 Å². The van der Waals surface area contributed by atoms with Crippen LogP contribution in [0.5, 0.6) is 0 Å². The Morgan fingerprint density at radius 3 is 2.33 bits per heavy atom. The molecule has 3 N–H and O–H groups in total. The minimum Gasteiger partial charge on any atom is -0.444 e. The van der Waals surface area contributed by atoms with E-state index in [0.29, 0.717) is 13.1 Å². The Hall–Kier alpha value is -0.810. The van der Waals surface area contributed by atoms with E-state index in [1.165, 1.54) is 0 Å². The molecule has 5 nitrogen and oxygen atoms in total.